The Morgan fingerprint density at radius 1 is 1.16 bits per heavy atom. The van der Waals surface area contributed by atoms with E-state index in [1.165, 1.54) is 6.07 Å². The summed E-state index contributed by atoms with van der Waals surface area (Å²) in [7, 11) is 0. The molecule has 1 amide bonds. The van der Waals surface area contributed by atoms with E-state index in [4.69, 9.17) is 11.6 Å². The van der Waals surface area contributed by atoms with Crippen molar-refractivity contribution in [1.29, 1.82) is 0 Å². The number of hydrogen-bond acceptors (Lipinski definition) is 5. The van der Waals surface area contributed by atoms with Gasteiger partial charge in [0.05, 0.1) is 11.6 Å². The van der Waals surface area contributed by atoms with E-state index < -0.39 is 0 Å². The highest BCUT2D eigenvalue weighted by atomic mass is 35.5. The van der Waals surface area contributed by atoms with Crippen LogP contribution in [0.4, 0.5) is 21.8 Å². The van der Waals surface area contributed by atoms with Crippen LogP contribution in [-0.2, 0) is 11.2 Å². The number of para-hydroxylation sites is 1. The Labute approximate surface area is 191 Å². The van der Waals surface area contributed by atoms with E-state index in [0.29, 0.717) is 35.6 Å². The van der Waals surface area contributed by atoms with Crippen LogP contribution in [0.3, 0.4) is 0 Å². The number of nitrogens with zero attached hydrogens (tertiary/aromatic N) is 3. The lowest BCUT2D eigenvalue weighted by Gasteiger charge is -2.32. The fourth-order valence-corrected chi connectivity index (χ4v) is 3.90. The highest BCUT2D eigenvalue weighted by Gasteiger charge is 2.27. The van der Waals surface area contributed by atoms with Crippen molar-refractivity contribution in [3.63, 3.8) is 0 Å². The number of carbonyl (C=O) groups excluding carboxylic acids is 1. The Morgan fingerprint density at radius 3 is 2.78 bits per heavy atom. The summed E-state index contributed by atoms with van der Waals surface area (Å²) in [5.74, 6) is 0.616. The molecule has 3 aromatic rings. The van der Waals surface area contributed by atoms with Gasteiger partial charge in [0.25, 0.3) is 0 Å². The molecule has 1 atom stereocenters. The van der Waals surface area contributed by atoms with Crippen LogP contribution in [0.25, 0.3) is 0 Å². The number of rotatable bonds is 7. The predicted molar refractivity (Wildman–Crippen MR) is 125 cm³/mol. The first-order valence-electron chi connectivity index (χ1n) is 10.7. The molecule has 0 spiro atoms. The Hall–Kier alpha value is -3.19. The van der Waals surface area contributed by atoms with Gasteiger partial charge in [0.1, 0.15) is 11.6 Å². The molecule has 6 nitrogen and oxygen atoms in total. The molecule has 1 aromatic heterocycles. The minimum atomic E-state index is -0.346. The molecule has 32 heavy (non-hydrogen) atoms. The summed E-state index contributed by atoms with van der Waals surface area (Å²) in [4.78, 5) is 23.6. The van der Waals surface area contributed by atoms with Crippen LogP contribution >= 0.6 is 11.6 Å². The summed E-state index contributed by atoms with van der Waals surface area (Å²) in [6, 6.07) is 15.8. The minimum absolute atomic E-state index is 0.0456. The number of piperidine rings is 1. The Kier molecular flexibility index (Phi) is 7.17. The van der Waals surface area contributed by atoms with Crippen molar-refractivity contribution < 1.29 is 9.18 Å². The summed E-state index contributed by atoms with van der Waals surface area (Å²) in [5, 5.41) is 6.74. The summed E-state index contributed by atoms with van der Waals surface area (Å²) < 4.78 is 13.9. The zero-order valence-electron chi connectivity index (χ0n) is 17.6. The molecule has 1 aliphatic heterocycles. The number of benzene rings is 2. The SMILES string of the molecule is O=C(NCCc1ccc(Cl)cc1)C1CCCN(c2nccc(Nc3ccccc3F)n2)C1. The molecule has 2 heterocycles. The fourth-order valence-electron chi connectivity index (χ4n) is 3.77. The quantitative estimate of drug-likeness (QED) is 0.547. The number of halogens is 2. The Balaban J connectivity index is 1.33. The predicted octanol–water partition coefficient (Wildman–Crippen LogP) is 4.59. The van der Waals surface area contributed by atoms with Gasteiger partial charge in [0.15, 0.2) is 0 Å². The maximum absolute atomic E-state index is 13.9. The Bertz CT molecular complexity index is 1060. The van der Waals surface area contributed by atoms with Crippen molar-refractivity contribution in [2.75, 3.05) is 29.9 Å². The lowest BCUT2D eigenvalue weighted by molar-refractivity contribution is -0.125. The average molecular weight is 454 g/mol. The van der Waals surface area contributed by atoms with Gasteiger partial charge in [-0.15, -0.1) is 0 Å². The monoisotopic (exact) mass is 453 g/mol. The molecule has 8 heteroatoms. The van der Waals surface area contributed by atoms with Gasteiger partial charge in [-0.3, -0.25) is 4.79 Å². The molecule has 0 radical (unpaired) electrons. The number of aromatic nitrogens is 2. The first-order valence-corrected chi connectivity index (χ1v) is 11.1. The third kappa shape index (κ3) is 5.73. The number of nitrogens with one attached hydrogen (secondary N) is 2. The topological polar surface area (TPSA) is 70.2 Å². The molecule has 2 aromatic carbocycles. The van der Waals surface area contributed by atoms with Crippen LogP contribution in [0.2, 0.25) is 5.02 Å². The van der Waals surface area contributed by atoms with Gasteiger partial charge in [0, 0.05) is 30.9 Å². The zero-order chi connectivity index (χ0) is 22.3. The second-order valence-corrected chi connectivity index (χ2v) is 8.24. The van der Waals surface area contributed by atoms with Crippen molar-refractivity contribution in [3.05, 3.63) is 77.2 Å². The van der Waals surface area contributed by atoms with Gasteiger partial charge in [-0.05, 0) is 55.2 Å². The minimum Gasteiger partial charge on any atom is -0.355 e. The fraction of sp³-hybridized carbons (Fsp3) is 0.292. The largest absolute Gasteiger partial charge is 0.355 e. The van der Waals surface area contributed by atoms with Crippen molar-refractivity contribution in [1.82, 2.24) is 15.3 Å². The summed E-state index contributed by atoms with van der Waals surface area (Å²) in [5.41, 5.74) is 1.49. The van der Waals surface area contributed by atoms with Gasteiger partial charge >= 0.3 is 0 Å². The third-order valence-electron chi connectivity index (χ3n) is 5.48. The Morgan fingerprint density at radius 2 is 1.97 bits per heavy atom. The summed E-state index contributed by atoms with van der Waals surface area (Å²) in [6.07, 6.45) is 4.10. The number of hydrogen-bond donors (Lipinski definition) is 2. The molecular weight excluding hydrogens is 429 g/mol. The molecule has 166 valence electrons. The molecule has 0 saturated carbocycles. The zero-order valence-corrected chi connectivity index (χ0v) is 18.4. The lowest BCUT2D eigenvalue weighted by Crippen LogP contribution is -2.44. The van der Waals surface area contributed by atoms with Gasteiger partial charge in [-0.1, -0.05) is 35.9 Å². The lowest BCUT2D eigenvalue weighted by atomic mass is 9.97. The second-order valence-electron chi connectivity index (χ2n) is 7.80. The molecule has 1 fully saturated rings. The maximum atomic E-state index is 13.9. The van der Waals surface area contributed by atoms with Crippen molar-refractivity contribution >= 4 is 35.0 Å². The van der Waals surface area contributed by atoms with Gasteiger partial charge in [0.2, 0.25) is 11.9 Å². The molecule has 4 rings (SSSR count). The standard InChI is InChI=1S/C24H25ClFN5O/c25-19-9-7-17(8-10-19)11-13-27-23(32)18-4-3-15-31(16-18)24-28-14-12-22(30-24)29-21-6-2-1-5-20(21)26/h1-2,5-10,12,14,18H,3-4,11,13,15-16H2,(H,27,32)(H,28,29,30). The maximum Gasteiger partial charge on any atom is 0.227 e. The normalized spacial score (nSPS) is 15.9. The first kappa shape index (κ1) is 22.0. The molecule has 0 aliphatic carbocycles. The molecule has 1 unspecified atom stereocenters. The van der Waals surface area contributed by atoms with Gasteiger partial charge < -0.3 is 15.5 Å². The first-order chi connectivity index (χ1) is 15.6. The van der Waals surface area contributed by atoms with E-state index in [1.54, 1.807) is 30.5 Å². The van der Waals surface area contributed by atoms with Crippen LogP contribution in [0, 0.1) is 11.7 Å². The van der Waals surface area contributed by atoms with E-state index in [-0.39, 0.29) is 17.6 Å². The third-order valence-corrected chi connectivity index (χ3v) is 5.73. The van der Waals surface area contributed by atoms with Crippen molar-refractivity contribution in [3.8, 4) is 0 Å². The average Bonchev–Trinajstić information content (AvgIpc) is 2.82. The highest BCUT2D eigenvalue weighted by Crippen LogP contribution is 2.23. The van der Waals surface area contributed by atoms with Crippen LogP contribution in [0.5, 0.6) is 0 Å². The van der Waals surface area contributed by atoms with Crippen molar-refractivity contribution in [2.24, 2.45) is 5.92 Å². The highest BCUT2D eigenvalue weighted by molar-refractivity contribution is 6.30. The number of anilines is 3. The number of amides is 1. The molecule has 1 saturated heterocycles. The van der Waals surface area contributed by atoms with Crippen LogP contribution in [0.1, 0.15) is 18.4 Å². The molecular formula is C24H25ClFN5O. The molecule has 2 N–H and O–H groups in total. The summed E-state index contributed by atoms with van der Waals surface area (Å²) in [6.45, 7) is 1.91. The van der Waals surface area contributed by atoms with E-state index in [0.717, 1.165) is 31.4 Å². The van der Waals surface area contributed by atoms with E-state index in [9.17, 15) is 9.18 Å². The number of carbonyl (C=O) groups is 1. The van der Waals surface area contributed by atoms with Crippen LogP contribution < -0.4 is 15.5 Å². The molecule has 1 aliphatic rings. The molecule has 0 bridgehead atoms. The van der Waals surface area contributed by atoms with Gasteiger partial charge in [-0.25, -0.2) is 9.37 Å². The van der Waals surface area contributed by atoms with Crippen molar-refractivity contribution in [2.45, 2.75) is 19.3 Å². The van der Waals surface area contributed by atoms with Gasteiger partial charge in [-0.2, -0.15) is 4.98 Å². The van der Waals surface area contributed by atoms with E-state index in [2.05, 4.69) is 20.6 Å². The van der Waals surface area contributed by atoms with E-state index >= 15 is 0 Å². The van der Waals surface area contributed by atoms with Crippen LogP contribution in [0.15, 0.2) is 60.8 Å². The smallest absolute Gasteiger partial charge is 0.227 e. The summed E-state index contributed by atoms with van der Waals surface area (Å²) >= 11 is 5.91. The van der Waals surface area contributed by atoms with E-state index in [1.807, 2.05) is 29.2 Å². The van der Waals surface area contributed by atoms with Crippen LogP contribution in [-0.4, -0.2) is 35.5 Å². The second kappa shape index (κ2) is 10.4.